The number of rotatable bonds is 5. The van der Waals surface area contributed by atoms with Gasteiger partial charge in [-0.15, -0.1) is 0 Å². The normalized spacial score (nSPS) is 10.1. The van der Waals surface area contributed by atoms with Crippen LogP contribution in [-0.2, 0) is 11.3 Å². The fourth-order valence-corrected chi connectivity index (χ4v) is 1.54. The van der Waals surface area contributed by atoms with Crippen molar-refractivity contribution >= 4 is 5.91 Å². The van der Waals surface area contributed by atoms with Crippen LogP contribution < -0.4 is 16.8 Å². The van der Waals surface area contributed by atoms with Crippen molar-refractivity contribution in [1.29, 1.82) is 0 Å². The van der Waals surface area contributed by atoms with Gasteiger partial charge >= 0.3 is 0 Å². The minimum atomic E-state index is -0.169. The number of hydrazine groups is 1. The van der Waals surface area contributed by atoms with E-state index in [0.717, 1.165) is 18.5 Å². The molecule has 0 atom stereocenters. The van der Waals surface area contributed by atoms with Crippen molar-refractivity contribution in [2.75, 3.05) is 0 Å². The molecule has 0 fully saturated rings. The molecule has 0 bridgehead atoms. The summed E-state index contributed by atoms with van der Waals surface area (Å²) >= 11 is 0. The average molecular weight is 223 g/mol. The van der Waals surface area contributed by atoms with Gasteiger partial charge in [-0.1, -0.05) is 6.07 Å². The first-order valence-electron chi connectivity index (χ1n) is 5.31. The summed E-state index contributed by atoms with van der Waals surface area (Å²) in [5, 5.41) is 0. The molecule has 3 N–H and O–H groups in total. The number of nitrogens with two attached hydrogens (primary N) is 1. The van der Waals surface area contributed by atoms with Crippen LogP contribution in [0.5, 0.6) is 0 Å². The SMILES string of the molecule is Cc1cccc(=O)n1CCCCC(=O)NN. The first-order valence-corrected chi connectivity index (χ1v) is 5.31. The number of nitrogens with zero attached hydrogens (tertiary/aromatic N) is 1. The molecule has 1 amide bonds. The molecule has 0 unspecified atom stereocenters. The van der Waals surface area contributed by atoms with Gasteiger partial charge in [0.1, 0.15) is 0 Å². The number of pyridine rings is 1. The van der Waals surface area contributed by atoms with Gasteiger partial charge in [-0.05, 0) is 25.8 Å². The molecule has 1 heterocycles. The summed E-state index contributed by atoms with van der Waals surface area (Å²) in [7, 11) is 0. The second kappa shape index (κ2) is 6.07. The second-order valence-corrected chi connectivity index (χ2v) is 3.68. The lowest BCUT2D eigenvalue weighted by molar-refractivity contribution is -0.121. The summed E-state index contributed by atoms with van der Waals surface area (Å²) in [5.74, 6) is 4.79. The summed E-state index contributed by atoms with van der Waals surface area (Å²) in [6, 6.07) is 5.18. The molecule has 0 aromatic carbocycles. The maximum atomic E-state index is 11.5. The Kier molecular flexibility index (Phi) is 4.72. The molecule has 1 rings (SSSR count). The standard InChI is InChI=1S/C11H17N3O2/c1-9-5-4-7-11(16)14(9)8-3-2-6-10(15)13-12/h4-5,7H,2-3,6,8,12H2,1H3,(H,13,15). The fourth-order valence-electron chi connectivity index (χ4n) is 1.54. The van der Waals surface area contributed by atoms with Crippen molar-refractivity contribution in [3.63, 3.8) is 0 Å². The zero-order chi connectivity index (χ0) is 12.0. The molecule has 0 aliphatic heterocycles. The number of carbonyl (C=O) groups is 1. The second-order valence-electron chi connectivity index (χ2n) is 3.68. The van der Waals surface area contributed by atoms with Crippen molar-refractivity contribution in [3.05, 3.63) is 34.2 Å². The molecule has 5 nitrogen and oxygen atoms in total. The number of amides is 1. The molecule has 0 spiro atoms. The van der Waals surface area contributed by atoms with E-state index in [-0.39, 0.29) is 11.5 Å². The maximum Gasteiger partial charge on any atom is 0.250 e. The van der Waals surface area contributed by atoms with Crippen LogP contribution in [0.2, 0.25) is 0 Å². The number of aromatic nitrogens is 1. The Balaban J connectivity index is 2.43. The predicted molar refractivity (Wildman–Crippen MR) is 61.6 cm³/mol. The van der Waals surface area contributed by atoms with E-state index in [4.69, 9.17) is 5.84 Å². The van der Waals surface area contributed by atoms with Gasteiger partial charge in [-0.25, -0.2) is 5.84 Å². The number of aryl methyl sites for hydroxylation is 1. The Labute approximate surface area is 94.2 Å². The number of carbonyl (C=O) groups excluding carboxylic acids is 1. The topological polar surface area (TPSA) is 77.1 Å². The van der Waals surface area contributed by atoms with Crippen molar-refractivity contribution in [1.82, 2.24) is 9.99 Å². The molecular formula is C11H17N3O2. The summed E-state index contributed by atoms with van der Waals surface area (Å²) < 4.78 is 1.71. The maximum absolute atomic E-state index is 11.5. The molecule has 16 heavy (non-hydrogen) atoms. The monoisotopic (exact) mass is 223 g/mol. The number of nitrogens with one attached hydrogen (secondary N) is 1. The summed E-state index contributed by atoms with van der Waals surface area (Å²) in [5.41, 5.74) is 3.02. The lowest BCUT2D eigenvalue weighted by atomic mass is 10.2. The average Bonchev–Trinajstić information content (AvgIpc) is 2.27. The Morgan fingerprint density at radius 1 is 1.44 bits per heavy atom. The lowest BCUT2D eigenvalue weighted by Gasteiger charge is -2.08. The number of hydrogen-bond donors (Lipinski definition) is 2. The van der Waals surface area contributed by atoms with Crippen LogP contribution in [0.15, 0.2) is 23.0 Å². The molecule has 1 aromatic heterocycles. The van der Waals surface area contributed by atoms with Crippen LogP contribution in [0.1, 0.15) is 25.0 Å². The van der Waals surface area contributed by atoms with E-state index in [1.165, 1.54) is 0 Å². The van der Waals surface area contributed by atoms with Gasteiger partial charge in [0.25, 0.3) is 5.56 Å². The van der Waals surface area contributed by atoms with Crippen molar-refractivity contribution in [2.45, 2.75) is 32.7 Å². The molecule has 0 saturated carbocycles. The van der Waals surface area contributed by atoms with Crippen molar-refractivity contribution in [2.24, 2.45) is 5.84 Å². The van der Waals surface area contributed by atoms with Gasteiger partial charge in [0.2, 0.25) is 5.91 Å². The third kappa shape index (κ3) is 3.51. The van der Waals surface area contributed by atoms with Crippen LogP contribution in [0.4, 0.5) is 0 Å². The first kappa shape index (κ1) is 12.4. The van der Waals surface area contributed by atoms with E-state index >= 15 is 0 Å². The molecular weight excluding hydrogens is 206 g/mol. The van der Waals surface area contributed by atoms with E-state index in [0.29, 0.717) is 13.0 Å². The van der Waals surface area contributed by atoms with Gasteiger partial charge in [-0.2, -0.15) is 0 Å². The first-order chi connectivity index (χ1) is 7.65. The zero-order valence-electron chi connectivity index (χ0n) is 9.40. The Morgan fingerprint density at radius 3 is 2.81 bits per heavy atom. The molecule has 88 valence electrons. The minimum absolute atomic E-state index is 0.00303. The highest BCUT2D eigenvalue weighted by atomic mass is 16.2. The van der Waals surface area contributed by atoms with E-state index in [2.05, 4.69) is 5.43 Å². The van der Waals surface area contributed by atoms with Gasteiger partial charge < -0.3 is 4.57 Å². The van der Waals surface area contributed by atoms with Crippen LogP contribution in [-0.4, -0.2) is 10.5 Å². The Bertz CT molecular complexity index is 412. The minimum Gasteiger partial charge on any atom is -0.313 e. The molecule has 0 saturated heterocycles. The molecule has 1 aromatic rings. The summed E-state index contributed by atoms with van der Waals surface area (Å²) in [6.45, 7) is 2.54. The summed E-state index contributed by atoms with van der Waals surface area (Å²) in [6.07, 6.45) is 1.92. The van der Waals surface area contributed by atoms with E-state index in [1.54, 1.807) is 16.7 Å². The van der Waals surface area contributed by atoms with Crippen LogP contribution in [0.3, 0.4) is 0 Å². The van der Waals surface area contributed by atoms with Crippen LogP contribution in [0.25, 0.3) is 0 Å². The molecule has 5 heteroatoms. The van der Waals surface area contributed by atoms with E-state index < -0.39 is 0 Å². The lowest BCUT2D eigenvalue weighted by Crippen LogP contribution is -2.29. The van der Waals surface area contributed by atoms with Gasteiger partial charge in [0, 0.05) is 24.7 Å². The van der Waals surface area contributed by atoms with Crippen LogP contribution >= 0.6 is 0 Å². The Morgan fingerprint density at radius 2 is 2.19 bits per heavy atom. The molecule has 0 aliphatic rings. The Hall–Kier alpha value is -1.62. The predicted octanol–water partition coefficient (Wildman–Crippen LogP) is 0.317. The zero-order valence-corrected chi connectivity index (χ0v) is 9.40. The van der Waals surface area contributed by atoms with E-state index in [1.807, 2.05) is 13.0 Å². The molecule has 0 aliphatic carbocycles. The van der Waals surface area contributed by atoms with E-state index in [9.17, 15) is 9.59 Å². The third-order valence-corrected chi connectivity index (χ3v) is 2.46. The highest BCUT2D eigenvalue weighted by Crippen LogP contribution is 2.00. The fraction of sp³-hybridized carbons (Fsp3) is 0.455. The van der Waals surface area contributed by atoms with Crippen molar-refractivity contribution < 1.29 is 4.79 Å². The van der Waals surface area contributed by atoms with Gasteiger partial charge in [0.05, 0.1) is 0 Å². The summed E-state index contributed by atoms with van der Waals surface area (Å²) in [4.78, 5) is 22.3. The van der Waals surface area contributed by atoms with Crippen LogP contribution in [0, 0.1) is 6.92 Å². The van der Waals surface area contributed by atoms with Gasteiger partial charge in [0.15, 0.2) is 0 Å². The number of unbranched alkanes of at least 4 members (excludes halogenated alkanes) is 1. The largest absolute Gasteiger partial charge is 0.313 e. The van der Waals surface area contributed by atoms with Crippen molar-refractivity contribution in [3.8, 4) is 0 Å². The number of hydrogen-bond acceptors (Lipinski definition) is 3. The quantitative estimate of drug-likeness (QED) is 0.326. The van der Waals surface area contributed by atoms with Gasteiger partial charge in [-0.3, -0.25) is 15.0 Å². The highest BCUT2D eigenvalue weighted by molar-refractivity contribution is 5.74. The molecule has 0 radical (unpaired) electrons. The third-order valence-electron chi connectivity index (χ3n) is 2.46. The highest BCUT2D eigenvalue weighted by Gasteiger charge is 2.01. The smallest absolute Gasteiger partial charge is 0.250 e.